The molecule has 8 nitrogen and oxygen atoms in total. The van der Waals surface area contributed by atoms with Crippen LogP contribution in [0.4, 0.5) is 5.69 Å². The largest absolute Gasteiger partial charge is 0.497 e. The smallest absolute Gasteiger partial charge is 0.241 e. The molecule has 32 heavy (non-hydrogen) atoms. The monoisotopic (exact) mass is 497 g/mol. The van der Waals surface area contributed by atoms with E-state index < -0.39 is 31.7 Å². The van der Waals surface area contributed by atoms with Gasteiger partial charge >= 0.3 is 0 Å². The van der Waals surface area contributed by atoms with E-state index in [2.05, 4.69) is 16.0 Å². The molecule has 2 amide bonds. The van der Waals surface area contributed by atoms with E-state index in [-0.39, 0.29) is 17.3 Å². The first-order valence-electron chi connectivity index (χ1n) is 9.88. The molecule has 2 aromatic rings. The molecule has 1 aliphatic rings. The van der Waals surface area contributed by atoms with Crippen molar-refractivity contribution in [3.63, 3.8) is 0 Å². The number of carbonyl (C=O) groups is 2. The summed E-state index contributed by atoms with van der Waals surface area (Å²) in [5.41, 5.74) is 0.0374. The highest BCUT2D eigenvalue weighted by Crippen LogP contribution is 2.25. The number of anilines is 1. The van der Waals surface area contributed by atoms with Crippen molar-refractivity contribution in [2.75, 3.05) is 19.0 Å². The van der Waals surface area contributed by atoms with Crippen LogP contribution in [-0.4, -0.2) is 49.9 Å². The van der Waals surface area contributed by atoms with Crippen LogP contribution in [0.1, 0.15) is 13.3 Å². The Hall–Kier alpha value is -2.27. The Morgan fingerprint density at radius 2 is 1.88 bits per heavy atom. The summed E-state index contributed by atoms with van der Waals surface area (Å²) in [6.07, 6.45) is 0.521. The predicted molar refractivity (Wildman–Crippen MR) is 126 cm³/mol. The highest BCUT2D eigenvalue weighted by molar-refractivity contribution is 8.01. The molecule has 3 N–H and O–H groups in total. The first kappa shape index (κ1) is 24.4. The van der Waals surface area contributed by atoms with E-state index in [1.807, 2.05) is 6.92 Å². The zero-order chi connectivity index (χ0) is 23.3. The van der Waals surface area contributed by atoms with Crippen molar-refractivity contribution in [3.05, 3.63) is 53.6 Å². The molecule has 0 saturated carbocycles. The van der Waals surface area contributed by atoms with Crippen molar-refractivity contribution in [2.45, 2.75) is 34.2 Å². The molecular formula is C21H24ClN3O5S2. The van der Waals surface area contributed by atoms with Gasteiger partial charge in [-0.2, -0.15) is 0 Å². The van der Waals surface area contributed by atoms with Gasteiger partial charge in [-0.3, -0.25) is 14.9 Å². The number of sulfone groups is 1. The van der Waals surface area contributed by atoms with Crippen molar-refractivity contribution >= 4 is 50.7 Å². The minimum Gasteiger partial charge on any atom is -0.497 e. The van der Waals surface area contributed by atoms with Crippen molar-refractivity contribution < 1.29 is 22.7 Å². The van der Waals surface area contributed by atoms with Gasteiger partial charge in [0.25, 0.3) is 0 Å². The number of benzene rings is 2. The van der Waals surface area contributed by atoms with E-state index >= 15 is 0 Å². The van der Waals surface area contributed by atoms with Gasteiger partial charge in [0.1, 0.15) is 11.2 Å². The summed E-state index contributed by atoms with van der Waals surface area (Å²) in [6.45, 7) is 1.80. The third-order valence-corrected chi connectivity index (χ3v) is 8.64. The van der Waals surface area contributed by atoms with E-state index in [0.717, 1.165) is 0 Å². The number of nitrogens with one attached hydrogen (secondary N) is 3. The zero-order valence-electron chi connectivity index (χ0n) is 17.5. The molecule has 0 aromatic heterocycles. The van der Waals surface area contributed by atoms with Gasteiger partial charge in [-0.25, -0.2) is 8.42 Å². The number of hydrogen-bond acceptors (Lipinski definition) is 7. The molecule has 1 fully saturated rings. The Balaban J connectivity index is 1.60. The number of thioether (sulfide) groups is 1. The number of amides is 2. The van der Waals surface area contributed by atoms with Crippen LogP contribution in [0.5, 0.6) is 5.75 Å². The van der Waals surface area contributed by atoms with Gasteiger partial charge in [0, 0.05) is 17.3 Å². The van der Waals surface area contributed by atoms with Crippen LogP contribution < -0.4 is 20.7 Å². The summed E-state index contributed by atoms with van der Waals surface area (Å²) in [7, 11) is -2.32. The minimum atomic E-state index is -3.88. The van der Waals surface area contributed by atoms with Crippen molar-refractivity contribution in [2.24, 2.45) is 0 Å². The highest BCUT2D eigenvalue weighted by atomic mass is 35.5. The molecule has 0 aliphatic carbocycles. The molecule has 3 atom stereocenters. The first-order valence-corrected chi connectivity index (χ1v) is 12.7. The first-order chi connectivity index (χ1) is 15.2. The second-order valence-electron chi connectivity index (χ2n) is 7.04. The number of ether oxygens (including phenoxy) is 1. The highest BCUT2D eigenvalue weighted by Gasteiger charge is 2.39. The lowest BCUT2D eigenvalue weighted by Gasteiger charge is -2.31. The van der Waals surface area contributed by atoms with Crippen LogP contribution in [0.25, 0.3) is 0 Å². The summed E-state index contributed by atoms with van der Waals surface area (Å²) >= 11 is 7.04. The summed E-state index contributed by atoms with van der Waals surface area (Å²) < 4.78 is 30.8. The fourth-order valence-corrected chi connectivity index (χ4v) is 5.82. The van der Waals surface area contributed by atoms with Gasteiger partial charge in [-0.05, 0) is 55.0 Å². The zero-order valence-corrected chi connectivity index (χ0v) is 19.9. The lowest BCUT2D eigenvalue weighted by molar-refractivity contribution is -0.122. The topological polar surface area (TPSA) is 114 Å². The molecule has 0 bridgehead atoms. The molecule has 11 heteroatoms. The Morgan fingerprint density at radius 1 is 1.22 bits per heavy atom. The van der Waals surface area contributed by atoms with E-state index in [4.69, 9.17) is 16.3 Å². The number of methoxy groups -OCH3 is 1. The minimum absolute atomic E-state index is 0.0280. The fraction of sp³-hybridized carbons (Fsp3) is 0.333. The average molecular weight is 498 g/mol. The molecule has 0 radical (unpaired) electrons. The molecule has 1 aliphatic heterocycles. The van der Waals surface area contributed by atoms with E-state index in [9.17, 15) is 18.0 Å². The van der Waals surface area contributed by atoms with Crippen LogP contribution >= 0.6 is 23.4 Å². The number of hydrogen-bond donors (Lipinski definition) is 3. The van der Waals surface area contributed by atoms with Gasteiger partial charge < -0.3 is 15.4 Å². The van der Waals surface area contributed by atoms with Crippen molar-refractivity contribution in [1.29, 1.82) is 0 Å². The SMILES string of the molecule is CCC(SC1NCC(S(=O)(=O)c2ccc(Cl)cc2)C(=O)N1)C(=O)Nc1ccc(OC)cc1. The maximum atomic E-state index is 12.8. The molecule has 3 rings (SSSR count). The number of carbonyl (C=O) groups excluding carboxylic acids is 2. The van der Waals surface area contributed by atoms with Gasteiger partial charge in [-0.1, -0.05) is 18.5 Å². The third kappa shape index (κ3) is 5.74. The lowest BCUT2D eigenvalue weighted by atomic mass is 10.2. The third-order valence-electron chi connectivity index (χ3n) is 4.89. The Kier molecular flexibility index (Phi) is 8.05. The molecule has 2 aromatic carbocycles. The quantitative estimate of drug-likeness (QED) is 0.513. The van der Waals surface area contributed by atoms with Crippen LogP contribution in [0.15, 0.2) is 53.4 Å². The molecule has 1 heterocycles. The van der Waals surface area contributed by atoms with E-state index in [1.54, 1.807) is 31.4 Å². The van der Waals surface area contributed by atoms with E-state index in [1.165, 1.54) is 36.0 Å². The van der Waals surface area contributed by atoms with Crippen molar-refractivity contribution in [1.82, 2.24) is 10.6 Å². The second-order valence-corrected chi connectivity index (χ2v) is 10.9. The van der Waals surface area contributed by atoms with Crippen LogP contribution in [0.2, 0.25) is 5.02 Å². The van der Waals surface area contributed by atoms with Gasteiger partial charge in [-0.15, -0.1) is 11.8 Å². The van der Waals surface area contributed by atoms with Gasteiger partial charge in [0.05, 0.1) is 17.3 Å². The molecule has 172 valence electrons. The second kappa shape index (κ2) is 10.6. The lowest BCUT2D eigenvalue weighted by Crippen LogP contribution is -2.60. The van der Waals surface area contributed by atoms with Crippen LogP contribution in [0, 0.1) is 0 Å². The molecule has 1 saturated heterocycles. The Morgan fingerprint density at radius 3 is 2.44 bits per heavy atom. The molecular weight excluding hydrogens is 474 g/mol. The van der Waals surface area contributed by atoms with E-state index in [0.29, 0.717) is 22.9 Å². The maximum Gasteiger partial charge on any atom is 0.241 e. The maximum absolute atomic E-state index is 12.8. The normalized spacial score (nSPS) is 19.7. The molecule has 3 unspecified atom stereocenters. The summed E-state index contributed by atoms with van der Waals surface area (Å²) in [4.78, 5) is 25.3. The van der Waals surface area contributed by atoms with Gasteiger partial charge in [0.15, 0.2) is 15.1 Å². The molecule has 0 spiro atoms. The number of halogens is 1. The standard InChI is InChI=1S/C21H24ClN3O5S2/c1-3-17(19(26)24-14-6-8-15(30-2)9-7-14)31-21-23-12-18(20(27)25-21)32(28,29)16-10-4-13(22)5-11-16/h4-11,17-18,21,23H,3,12H2,1-2H3,(H,24,26)(H,25,27). The van der Waals surface area contributed by atoms with Crippen LogP contribution in [-0.2, 0) is 19.4 Å². The van der Waals surface area contributed by atoms with Crippen LogP contribution in [0.3, 0.4) is 0 Å². The van der Waals surface area contributed by atoms with Gasteiger partial charge in [0.2, 0.25) is 11.8 Å². The summed E-state index contributed by atoms with van der Waals surface area (Å²) in [6, 6.07) is 12.7. The van der Waals surface area contributed by atoms with Crippen molar-refractivity contribution in [3.8, 4) is 5.75 Å². The fourth-order valence-electron chi connectivity index (χ4n) is 3.11. The number of rotatable bonds is 8. The Labute approximate surface area is 196 Å². The Bertz CT molecular complexity index is 1060. The summed E-state index contributed by atoms with van der Waals surface area (Å²) in [5.74, 6) is -0.141. The predicted octanol–water partition coefficient (Wildman–Crippen LogP) is 2.64. The summed E-state index contributed by atoms with van der Waals surface area (Å²) in [5, 5.41) is 7.20. The average Bonchev–Trinajstić information content (AvgIpc) is 2.78.